The second kappa shape index (κ2) is 11.1. The zero-order chi connectivity index (χ0) is 27.8. The average Bonchev–Trinajstić information content (AvgIpc) is 3.62. The fourth-order valence-corrected chi connectivity index (χ4v) is 7.07. The zero-order valence-electron chi connectivity index (χ0n) is 23.0. The minimum absolute atomic E-state index is 0.157. The number of benzene rings is 2. The third kappa shape index (κ3) is 5.27. The molecule has 1 aliphatic carbocycles. The summed E-state index contributed by atoms with van der Waals surface area (Å²) in [5.74, 6) is 0.157. The number of aromatic amines is 1. The summed E-state index contributed by atoms with van der Waals surface area (Å²) in [5.41, 5.74) is 3.53. The topological polar surface area (TPSA) is 116 Å². The summed E-state index contributed by atoms with van der Waals surface area (Å²) in [4.78, 5) is 34.8. The normalized spacial score (nSPS) is 17.6. The summed E-state index contributed by atoms with van der Waals surface area (Å²) >= 11 is 0. The molecule has 2 aromatic carbocycles. The number of carbonyl (C=O) groups is 1. The van der Waals surface area contributed by atoms with E-state index in [4.69, 9.17) is 0 Å². The highest BCUT2D eigenvalue weighted by atomic mass is 32.2. The zero-order valence-corrected chi connectivity index (χ0v) is 23.8. The van der Waals surface area contributed by atoms with Gasteiger partial charge in [0.15, 0.2) is 10.7 Å². The first kappa shape index (κ1) is 26.6. The summed E-state index contributed by atoms with van der Waals surface area (Å²) in [7, 11) is -1.59. The van der Waals surface area contributed by atoms with Crippen LogP contribution in [0.4, 0.5) is 5.69 Å². The lowest BCUT2D eigenvalue weighted by Crippen LogP contribution is -2.47. The minimum atomic E-state index is -1.59. The van der Waals surface area contributed by atoms with Gasteiger partial charge in [-0.15, -0.1) is 5.10 Å². The van der Waals surface area contributed by atoms with Gasteiger partial charge in [-0.2, -0.15) is 4.98 Å². The molecule has 10 nitrogen and oxygen atoms in total. The molecule has 1 atom stereocenters. The second-order valence-corrected chi connectivity index (χ2v) is 12.3. The van der Waals surface area contributed by atoms with Gasteiger partial charge < -0.3 is 10.2 Å². The molecule has 1 saturated heterocycles. The molecule has 1 aliphatic heterocycles. The summed E-state index contributed by atoms with van der Waals surface area (Å²) in [6.07, 6.45) is 5.18. The molecule has 3 heterocycles. The molecular formula is C29H35N7O3S. The fraction of sp³-hybridized carbons (Fsp3) is 0.448. The van der Waals surface area contributed by atoms with Crippen molar-refractivity contribution in [2.24, 2.45) is 0 Å². The van der Waals surface area contributed by atoms with Gasteiger partial charge in [-0.1, -0.05) is 30.5 Å². The molecule has 0 spiro atoms. The van der Waals surface area contributed by atoms with E-state index in [1.165, 1.54) is 12.8 Å². The number of aryl methyl sites for hydroxylation is 2. The van der Waals surface area contributed by atoms with Crippen molar-refractivity contribution in [1.29, 1.82) is 0 Å². The maximum absolute atomic E-state index is 13.5. The second-order valence-electron chi connectivity index (χ2n) is 11.0. The number of fused-ring (bicyclic) bond motifs is 3. The number of carbonyl (C=O) groups excluding carboxylic acids is 1. The van der Waals surface area contributed by atoms with Gasteiger partial charge in [0, 0.05) is 55.8 Å². The Kier molecular flexibility index (Phi) is 7.41. The molecule has 2 aromatic heterocycles. The van der Waals surface area contributed by atoms with Crippen LogP contribution < -0.4 is 15.8 Å². The van der Waals surface area contributed by atoms with Crippen molar-refractivity contribution < 1.29 is 9.00 Å². The summed E-state index contributed by atoms with van der Waals surface area (Å²) < 4.78 is 15.1. The number of amides is 1. The van der Waals surface area contributed by atoms with Crippen LogP contribution in [0.25, 0.3) is 16.6 Å². The van der Waals surface area contributed by atoms with Crippen LogP contribution in [0.2, 0.25) is 0 Å². The van der Waals surface area contributed by atoms with Crippen molar-refractivity contribution in [3.63, 3.8) is 0 Å². The molecular weight excluding hydrogens is 526 g/mol. The van der Waals surface area contributed by atoms with Crippen LogP contribution in [0, 0.1) is 13.8 Å². The Hall–Kier alpha value is -3.57. The average molecular weight is 562 g/mol. The van der Waals surface area contributed by atoms with Gasteiger partial charge in [0.1, 0.15) is 10.8 Å². The number of aromatic nitrogens is 4. The van der Waals surface area contributed by atoms with Crippen molar-refractivity contribution in [3.8, 4) is 0 Å². The summed E-state index contributed by atoms with van der Waals surface area (Å²) in [5, 5.41) is 11.2. The number of hydrogen-bond donors (Lipinski definition) is 2. The van der Waals surface area contributed by atoms with Crippen molar-refractivity contribution in [1.82, 2.24) is 30.0 Å². The molecule has 0 bridgehead atoms. The third-order valence-electron chi connectivity index (χ3n) is 8.13. The standard InChI is InChI=1S/C29H35N7O3S/c1-19-7-10-25(20(2)17-19)40(39)29-27-31-28(38)23-9-8-22(18-24(23)36(27)33-32-29)35-15-13-34(14-16-35)12-11-26(37)30-21-5-3-4-6-21/h7-10,17-18,21,33H,3-6,11-16H2,1-2H3,(H,30,37). The lowest BCUT2D eigenvalue weighted by Gasteiger charge is -2.36. The van der Waals surface area contributed by atoms with Gasteiger partial charge in [0.2, 0.25) is 5.91 Å². The van der Waals surface area contributed by atoms with E-state index < -0.39 is 10.8 Å². The smallest absolute Gasteiger partial charge is 0.281 e. The van der Waals surface area contributed by atoms with Gasteiger partial charge in [0.25, 0.3) is 5.56 Å². The predicted molar refractivity (Wildman–Crippen MR) is 155 cm³/mol. The SMILES string of the molecule is Cc1ccc(S(=O)c2n[nH]n3c2nc(=O)c2ccc(N4CCN(CCC(=O)NC5CCCC5)CC4)cc23)c(C)c1. The lowest BCUT2D eigenvalue weighted by atomic mass is 10.2. The predicted octanol–water partition coefficient (Wildman–Crippen LogP) is 2.93. The Bertz CT molecular complexity index is 1650. The van der Waals surface area contributed by atoms with Crippen LogP contribution >= 0.6 is 0 Å². The van der Waals surface area contributed by atoms with Crippen LogP contribution in [0.15, 0.2) is 51.1 Å². The molecule has 6 rings (SSSR count). The highest BCUT2D eigenvalue weighted by molar-refractivity contribution is 7.85. The van der Waals surface area contributed by atoms with E-state index in [2.05, 4.69) is 30.4 Å². The number of nitrogens with zero attached hydrogens (tertiary/aromatic N) is 5. The Morgan fingerprint density at radius 1 is 1.07 bits per heavy atom. The van der Waals surface area contributed by atoms with Crippen molar-refractivity contribution in [2.75, 3.05) is 37.6 Å². The molecule has 11 heteroatoms. The van der Waals surface area contributed by atoms with Crippen LogP contribution in [0.3, 0.4) is 0 Å². The van der Waals surface area contributed by atoms with Crippen molar-refractivity contribution in [3.05, 3.63) is 57.9 Å². The molecule has 2 N–H and O–H groups in total. The molecule has 1 saturated carbocycles. The van der Waals surface area contributed by atoms with Gasteiger partial charge in [-0.05, 0) is 56.5 Å². The molecule has 40 heavy (non-hydrogen) atoms. The number of piperazine rings is 1. The molecule has 1 unspecified atom stereocenters. The molecule has 4 aromatic rings. The van der Waals surface area contributed by atoms with E-state index in [1.54, 1.807) is 10.6 Å². The lowest BCUT2D eigenvalue weighted by molar-refractivity contribution is -0.122. The number of nitrogens with one attached hydrogen (secondary N) is 2. The molecule has 0 radical (unpaired) electrons. The van der Waals surface area contributed by atoms with Crippen LogP contribution in [-0.2, 0) is 15.6 Å². The maximum atomic E-state index is 13.5. The van der Waals surface area contributed by atoms with E-state index in [-0.39, 0.29) is 22.1 Å². The Morgan fingerprint density at radius 3 is 2.60 bits per heavy atom. The molecule has 210 valence electrons. The van der Waals surface area contributed by atoms with Crippen molar-refractivity contribution >= 4 is 38.9 Å². The van der Waals surface area contributed by atoms with Gasteiger partial charge in [0.05, 0.1) is 10.9 Å². The Labute approximate surface area is 235 Å². The van der Waals surface area contributed by atoms with Crippen LogP contribution in [0.1, 0.15) is 43.2 Å². The largest absolute Gasteiger partial charge is 0.369 e. The summed E-state index contributed by atoms with van der Waals surface area (Å²) in [6.45, 7) is 8.05. The van der Waals surface area contributed by atoms with E-state index in [0.717, 1.165) is 62.4 Å². The van der Waals surface area contributed by atoms with Crippen LogP contribution in [-0.4, -0.2) is 73.6 Å². The molecule has 1 amide bonds. The number of rotatable bonds is 7. The van der Waals surface area contributed by atoms with Crippen molar-refractivity contribution in [2.45, 2.75) is 61.9 Å². The highest BCUT2D eigenvalue weighted by Gasteiger charge is 2.23. The molecule has 2 fully saturated rings. The monoisotopic (exact) mass is 561 g/mol. The number of hydrogen-bond acceptors (Lipinski definition) is 7. The number of H-pyrrole nitrogens is 1. The minimum Gasteiger partial charge on any atom is -0.369 e. The van der Waals surface area contributed by atoms with E-state index in [1.807, 2.05) is 44.2 Å². The Morgan fingerprint density at radius 2 is 1.85 bits per heavy atom. The Balaban J connectivity index is 1.18. The highest BCUT2D eigenvalue weighted by Crippen LogP contribution is 2.26. The maximum Gasteiger partial charge on any atom is 0.281 e. The summed E-state index contributed by atoms with van der Waals surface area (Å²) in [6, 6.07) is 11.8. The number of anilines is 1. The first-order valence-corrected chi connectivity index (χ1v) is 15.2. The first-order valence-electron chi connectivity index (χ1n) is 14.0. The van der Waals surface area contributed by atoms with Gasteiger partial charge >= 0.3 is 0 Å². The van der Waals surface area contributed by atoms with E-state index in [9.17, 15) is 13.8 Å². The fourth-order valence-electron chi connectivity index (χ4n) is 5.89. The van der Waals surface area contributed by atoms with Crippen LogP contribution in [0.5, 0.6) is 0 Å². The van der Waals surface area contributed by atoms with E-state index in [0.29, 0.717) is 28.3 Å². The van der Waals surface area contributed by atoms with Gasteiger partial charge in [-0.3, -0.25) is 14.5 Å². The molecule has 2 aliphatic rings. The van der Waals surface area contributed by atoms with E-state index >= 15 is 0 Å². The quantitative estimate of drug-likeness (QED) is 0.357. The first-order chi connectivity index (χ1) is 19.4. The third-order valence-corrected chi connectivity index (χ3v) is 9.62. The van der Waals surface area contributed by atoms with Gasteiger partial charge in [-0.25, -0.2) is 13.9 Å².